The Balaban J connectivity index is 2.06. The van der Waals surface area contributed by atoms with Gasteiger partial charge in [-0.2, -0.15) is 0 Å². The monoisotopic (exact) mass is 277 g/mol. The van der Waals surface area contributed by atoms with Gasteiger partial charge in [0.2, 0.25) is 0 Å². The average Bonchev–Trinajstić information content (AvgIpc) is 2.51. The Morgan fingerprint density at radius 2 is 1.71 bits per heavy atom. The summed E-state index contributed by atoms with van der Waals surface area (Å²) in [6.07, 6.45) is 1.81. The molecule has 3 aromatic rings. The van der Waals surface area contributed by atoms with E-state index in [2.05, 4.69) is 66.7 Å². The molecule has 1 unspecified atom stereocenters. The van der Waals surface area contributed by atoms with Crippen molar-refractivity contribution in [2.45, 2.75) is 19.9 Å². The average molecular weight is 277 g/mol. The molecule has 3 nitrogen and oxygen atoms in total. The molecule has 0 saturated carbocycles. The van der Waals surface area contributed by atoms with Gasteiger partial charge in [0, 0.05) is 11.6 Å². The number of aryl methyl sites for hydroxylation is 2. The van der Waals surface area contributed by atoms with Gasteiger partial charge in [-0.15, -0.1) is 0 Å². The maximum Gasteiger partial charge on any atom is 0.0710 e. The molecule has 3 N–H and O–H groups in total. The van der Waals surface area contributed by atoms with Crippen LogP contribution < -0.4 is 11.3 Å². The number of nitrogens with zero attached hydrogens (tertiary/aromatic N) is 1. The summed E-state index contributed by atoms with van der Waals surface area (Å²) in [5.74, 6) is 5.80. The van der Waals surface area contributed by atoms with Crippen LogP contribution in [0.4, 0.5) is 0 Å². The maximum absolute atomic E-state index is 5.80. The minimum absolute atomic E-state index is 0.0318. The molecule has 0 aliphatic carbocycles. The summed E-state index contributed by atoms with van der Waals surface area (Å²) in [6, 6.07) is 16.7. The molecule has 1 atom stereocenters. The number of nitrogens with two attached hydrogens (primary N) is 1. The van der Waals surface area contributed by atoms with Gasteiger partial charge in [0.25, 0.3) is 0 Å². The molecule has 1 heterocycles. The van der Waals surface area contributed by atoms with Crippen molar-refractivity contribution in [3.8, 4) is 0 Å². The Morgan fingerprint density at radius 1 is 0.952 bits per heavy atom. The number of nitrogens with one attached hydrogen (secondary N) is 1. The predicted octanol–water partition coefficient (Wildman–Crippen LogP) is 3.40. The molecule has 0 bridgehead atoms. The van der Waals surface area contributed by atoms with E-state index in [1.807, 2.05) is 12.3 Å². The second kappa shape index (κ2) is 5.64. The molecule has 106 valence electrons. The van der Waals surface area contributed by atoms with Crippen molar-refractivity contribution in [1.82, 2.24) is 10.4 Å². The Labute approximate surface area is 124 Å². The van der Waals surface area contributed by atoms with Crippen molar-refractivity contribution in [3.05, 3.63) is 77.0 Å². The molecule has 0 amide bonds. The second-order valence-corrected chi connectivity index (χ2v) is 5.40. The highest BCUT2D eigenvalue weighted by molar-refractivity contribution is 5.79. The summed E-state index contributed by atoms with van der Waals surface area (Å²) >= 11 is 0. The fourth-order valence-electron chi connectivity index (χ4n) is 2.59. The highest BCUT2D eigenvalue weighted by atomic mass is 15.2. The summed E-state index contributed by atoms with van der Waals surface area (Å²) in [7, 11) is 0. The molecular weight excluding hydrogens is 258 g/mol. The summed E-state index contributed by atoms with van der Waals surface area (Å²) in [6.45, 7) is 4.23. The van der Waals surface area contributed by atoms with Crippen LogP contribution in [-0.4, -0.2) is 4.98 Å². The lowest BCUT2D eigenvalue weighted by atomic mass is 9.95. The molecule has 0 radical (unpaired) electrons. The van der Waals surface area contributed by atoms with Gasteiger partial charge in [-0.25, -0.2) is 5.43 Å². The highest BCUT2D eigenvalue weighted by Gasteiger charge is 2.13. The van der Waals surface area contributed by atoms with Crippen LogP contribution in [0.15, 0.2) is 54.7 Å². The summed E-state index contributed by atoms with van der Waals surface area (Å²) in [5.41, 5.74) is 8.74. The molecule has 0 fully saturated rings. The maximum atomic E-state index is 5.80. The Morgan fingerprint density at radius 3 is 2.48 bits per heavy atom. The number of pyridine rings is 1. The Bertz CT molecular complexity index is 780. The predicted molar refractivity (Wildman–Crippen MR) is 86.8 cm³/mol. The van der Waals surface area contributed by atoms with Gasteiger partial charge in [0.05, 0.1) is 11.6 Å². The van der Waals surface area contributed by atoms with Gasteiger partial charge >= 0.3 is 0 Å². The first-order valence-corrected chi connectivity index (χ1v) is 7.07. The van der Waals surface area contributed by atoms with Crippen LogP contribution in [0, 0.1) is 13.8 Å². The van der Waals surface area contributed by atoms with Crippen LogP contribution in [0.2, 0.25) is 0 Å². The van der Waals surface area contributed by atoms with E-state index in [0.29, 0.717) is 0 Å². The van der Waals surface area contributed by atoms with Crippen LogP contribution in [0.3, 0.4) is 0 Å². The normalized spacial score (nSPS) is 12.5. The van der Waals surface area contributed by atoms with Gasteiger partial charge in [0.1, 0.15) is 0 Å². The van der Waals surface area contributed by atoms with Crippen molar-refractivity contribution in [3.63, 3.8) is 0 Å². The smallest absolute Gasteiger partial charge is 0.0710 e. The molecule has 1 aromatic heterocycles. The van der Waals surface area contributed by atoms with Crippen LogP contribution in [0.25, 0.3) is 10.9 Å². The molecule has 3 rings (SSSR count). The Hall–Kier alpha value is -2.23. The fourth-order valence-corrected chi connectivity index (χ4v) is 2.59. The van der Waals surface area contributed by atoms with Crippen molar-refractivity contribution in [2.75, 3.05) is 0 Å². The van der Waals surface area contributed by atoms with E-state index >= 15 is 0 Å². The quantitative estimate of drug-likeness (QED) is 0.570. The van der Waals surface area contributed by atoms with Crippen LogP contribution in [-0.2, 0) is 0 Å². The highest BCUT2D eigenvalue weighted by Crippen LogP contribution is 2.25. The van der Waals surface area contributed by atoms with E-state index in [-0.39, 0.29) is 6.04 Å². The third-order valence-electron chi connectivity index (χ3n) is 3.99. The van der Waals surface area contributed by atoms with Gasteiger partial charge in [0.15, 0.2) is 0 Å². The number of hydrogen-bond donors (Lipinski definition) is 2. The minimum atomic E-state index is -0.0318. The topological polar surface area (TPSA) is 50.9 Å². The number of aromatic nitrogens is 1. The lowest BCUT2D eigenvalue weighted by Gasteiger charge is -2.18. The molecule has 0 saturated heterocycles. The van der Waals surface area contributed by atoms with Gasteiger partial charge < -0.3 is 0 Å². The van der Waals surface area contributed by atoms with E-state index in [0.717, 1.165) is 22.0 Å². The third-order valence-corrected chi connectivity index (χ3v) is 3.99. The number of hydrazine groups is 1. The first kappa shape index (κ1) is 13.7. The lowest BCUT2D eigenvalue weighted by molar-refractivity contribution is 0.637. The molecule has 0 aliphatic heterocycles. The summed E-state index contributed by atoms with van der Waals surface area (Å²) in [5, 5.41) is 1.14. The van der Waals surface area contributed by atoms with Crippen molar-refractivity contribution in [2.24, 2.45) is 5.84 Å². The van der Waals surface area contributed by atoms with E-state index in [9.17, 15) is 0 Å². The van der Waals surface area contributed by atoms with Gasteiger partial charge in [-0.05, 0) is 48.2 Å². The molecule has 3 heteroatoms. The zero-order chi connectivity index (χ0) is 14.8. The van der Waals surface area contributed by atoms with Gasteiger partial charge in [-0.1, -0.05) is 36.4 Å². The first-order valence-electron chi connectivity index (χ1n) is 7.07. The number of benzene rings is 2. The van der Waals surface area contributed by atoms with E-state index in [1.54, 1.807) is 0 Å². The molecule has 0 spiro atoms. The molecule has 0 aliphatic rings. The van der Waals surface area contributed by atoms with E-state index < -0.39 is 0 Å². The summed E-state index contributed by atoms with van der Waals surface area (Å²) < 4.78 is 0. The van der Waals surface area contributed by atoms with Crippen LogP contribution >= 0.6 is 0 Å². The minimum Gasteiger partial charge on any atom is -0.271 e. The van der Waals surface area contributed by atoms with Crippen molar-refractivity contribution < 1.29 is 0 Å². The first-order chi connectivity index (χ1) is 10.2. The van der Waals surface area contributed by atoms with Crippen LogP contribution in [0.5, 0.6) is 0 Å². The third kappa shape index (κ3) is 2.66. The van der Waals surface area contributed by atoms with Crippen LogP contribution in [0.1, 0.15) is 28.3 Å². The SMILES string of the molecule is Cc1ccc(C(NN)c2ccc3cccnc3c2)cc1C. The van der Waals surface area contributed by atoms with Crippen molar-refractivity contribution >= 4 is 10.9 Å². The zero-order valence-corrected chi connectivity index (χ0v) is 12.3. The second-order valence-electron chi connectivity index (χ2n) is 5.40. The number of hydrogen-bond acceptors (Lipinski definition) is 3. The summed E-state index contributed by atoms with van der Waals surface area (Å²) in [4.78, 5) is 4.42. The number of rotatable bonds is 3. The van der Waals surface area contributed by atoms with Crippen molar-refractivity contribution in [1.29, 1.82) is 0 Å². The molecule has 2 aromatic carbocycles. The van der Waals surface area contributed by atoms with E-state index in [4.69, 9.17) is 5.84 Å². The Kier molecular flexibility index (Phi) is 3.69. The fraction of sp³-hybridized carbons (Fsp3) is 0.167. The molecular formula is C18H19N3. The van der Waals surface area contributed by atoms with Gasteiger partial charge in [-0.3, -0.25) is 10.8 Å². The largest absolute Gasteiger partial charge is 0.271 e. The zero-order valence-electron chi connectivity index (χ0n) is 12.3. The number of fused-ring (bicyclic) bond motifs is 1. The lowest BCUT2D eigenvalue weighted by Crippen LogP contribution is -2.28. The van der Waals surface area contributed by atoms with E-state index in [1.165, 1.54) is 11.1 Å². The molecule has 21 heavy (non-hydrogen) atoms. The standard InChI is InChI=1S/C18H19N3/c1-12-5-6-15(10-13(12)2)18(21-19)16-8-7-14-4-3-9-20-17(14)11-16/h3-11,18,21H,19H2,1-2H3.